The van der Waals surface area contributed by atoms with E-state index in [-0.39, 0.29) is 12.1 Å². The summed E-state index contributed by atoms with van der Waals surface area (Å²) in [6.07, 6.45) is 5.91. The maximum Gasteiger partial charge on any atom is 0.318 e. The Bertz CT molecular complexity index is 686. The average molecular weight is 331 g/mol. The van der Waals surface area contributed by atoms with E-state index in [9.17, 15) is 4.79 Å². The Morgan fingerprint density at radius 1 is 1.38 bits per heavy atom. The zero-order valence-corrected chi connectivity index (χ0v) is 14.5. The minimum atomic E-state index is -0.0608. The highest BCUT2D eigenvalue weighted by Gasteiger charge is 2.30. The lowest BCUT2D eigenvalue weighted by Crippen LogP contribution is -2.42. The summed E-state index contributed by atoms with van der Waals surface area (Å²) in [5, 5.41) is 14.5. The van der Waals surface area contributed by atoms with Crippen molar-refractivity contribution in [3.8, 4) is 0 Å². The second kappa shape index (κ2) is 7.02. The van der Waals surface area contributed by atoms with Crippen LogP contribution in [0.3, 0.4) is 0 Å². The predicted octanol–water partition coefficient (Wildman–Crippen LogP) is 1.98. The van der Waals surface area contributed by atoms with E-state index in [0.717, 1.165) is 49.2 Å². The number of amides is 2. The zero-order valence-electron chi connectivity index (χ0n) is 14.5. The van der Waals surface area contributed by atoms with Crippen molar-refractivity contribution < 1.29 is 4.79 Å². The number of urea groups is 1. The number of hydrogen-bond acceptors (Lipinski definition) is 4. The number of nitrogens with zero attached hydrogens (tertiary/aromatic N) is 5. The third kappa shape index (κ3) is 3.42. The Morgan fingerprint density at radius 2 is 2.21 bits per heavy atom. The van der Waals surface area contributed by atoms with Gasteiger partial charge in [-0.1, -0.05) is 12.8 Å². The van der Waals surface area contributed by atoms with Gasteiger partial charge in [-0.15, -0.1) is 0 Å². The largest absolute Gasteiger partial charge is 0.331 e. The summed E-state index contributed by atoms with van der Waals surface area (Å²) in [7, 11) is 1.81. The first-order valence-corrected chi connectivity index (χ1v) is 8.46. The quantitative estimate of drug-likeness (QED) is 0.899. The molecule has 0 radical (unpaired) electrons. The van der Waals surface area contributed by atoms with Crippen LogP contribution < -0.4 is 5.32 Å². The lowest BCUT2D eigenvalue weighted by atomic mass is 9.99. The minimum Gasteiger partial charge on any atom is -0.331 e. The number of H-pyrrole nitrogens is 1. The van der Waals surface area contributed by atoms with Crippen molar-refractivity contribution >= 4 is 6.03 Å². The molecule has 2 amide bonds. The van der Waals surface area contributed by atoms with Crippen molar-refractivity contribution in [3.05, 3.63) is 29.1 Å². The van der Waals surface area contributed by atoms with E-state index < -0.39 is 0 Å². The molecule has 3 heterocycles. The zero-order chi connectivity index (χ0) is 17.1. The van der Waals surface area contributed by atoms with Gasteiger partial charge in [-0.2, -0.15) is 10.2 Å². The number of likely N-dealkylation sites (tertiary alicyclic amines) is 1. The molecule has 1 aliphatic rings. The van der Waals surface area contributed by atoms with Gasteiger partial charge < -0.3 is 10.2 Å². The summed E-state index contributed by atoms with van der Waals surface area (Å²) >= 11 is 0. The van der Waals surface area contributed by atoms with E-state index in [0.29, 0.717) is 12.4 Å². The van der Waals surface area contributed by atoms with Gasteiger partial charge in [-0.05, 0) is 26.7 Å². The molecule has 2 aromatic rings. The van der Waals surface area contributed by atoms with Crippen LogP contribution >= 0.6 is 0 Å². The molecule has 2 aromatic heterocycles. The number of carbonyl (C=O) groups is 1. The summed E-state index contributed by atoms with van der Waals surface area (Å²) in [5.74, 6) is 0.618. The van der Waals surface area contributed by atoms with Crippen LogP contribution in [0.1, 0.15) is 54.5 Å². The Morgan fingerprint density at radius 3 is 2.88 bits per heavy atom. The molecule has 0 saturated carbocycles. The SMILES string of the molecule is Cc1n[nH]c(C)c1[C@H]1CCCCCN1C(=O)NCc1ncn(C)n1. The Hall–Kier alpha value is -2.38. The number of aromatic amines is 1. The lowest BCUT2D eigenvalue weighted by Gasteiger charge is -2.30. The van der Waals surface area contributed by atoms with Gasteiger partial charge in [0.25, 0.3) is 0 Å². The average Bonchev–Trinajstić information content (AvgIpc) is 3.02. The molecule has 3 rings (SSSR count). The summed E-state index contributed by atoms with van der Waals surface area (Å²) in [4.78, 5) is 18.9. The fraction of sp³-hybridized carbons (Fsp3) is 0.625. The summed E-state index contributed by atoms with van der Waals surface area (Å²) < 4.78 is 1.63. The van der Waals surface area contributed by atoms with Gasteiger partial charge in [-0.25, -0.2) is 9.78 Å². The van der Waals surface area contributed by atoms with Crippen LogP contribution in [-0.2, 0) is 13.6 Å². The molecule has 2 N–H and O–H groups in total. The summed E-state index contributed by atoms with van der Waals surface area (Å²) in [5.41, 5.74) is 3.18. The van der Waals surface area contributed by atoms with Crippen LogP contribution in [0.2, 0.25) is 0 Å². The van der Waals surface area contributed by atoms with E-state index in [1.54, 1.807) is 11.0 Å². The molecule has 1 saturated heterocycles. The molecule has 1 atom stereocenters. The summed E-state index contributed by atoms with van der Waals surface area (Å²) in [6, 6.07) is 0.0114. The molecule has 0 unspecified atom stereocenters. The number of hydrogen-bond donors (Lipinski definition) is 2. The van der Waals surface area contributed by atoms with Crippen LogP contribution in [0, 0.1) is 13.8 Å². The van der Waals surface area contributed by atoms with E-state index in [4.69, 9.17) is 0 Å². The Balaban J connectivity index is 1.75. The van der Waals surface area contributed by atoms with Crippen molar-refractivity contribution in [3.63, 3.8) is 0 Å². The third-order valence-electron chi connectivity index (χ3n) is 4.58. The number of rotatable bonds is 3. The van der Waals surface area contributed by atoms with Crippen LogP contribution in [0.15, 0.2) is 6.33 Å². The van der Waals surface area contributed by atoms with Crippen molar-refractivity contribution in [2.45, 2.75) is 52.1 Å². The van der Waals surface area contributed by atoms with Crippen LogP contribution in [0.5, 0.6) is 0 Å². The van der Waals surface area contributed by atoms with Crippen molar-refractivity contribution in [2.75, 3.05) is 6.54 Å². The fourth-order valence-electron chi connectivity index (χ4n) is 3.42. The van der Waals surface area contributed by atoms with Gasteiger partial charge in [0.2, 0.25) is 0 Å². The first-order chi connectivity index (χ1) is 11.6. The van der Waals surface area contributed by atoms with Gasteiger partial charge in [0, 0.05) is 24.8 Å². The van der Waals surface area contributed by atoms with Crippen molar-refractivity contribution in [1.82, 2.24) is 35.2 Å². The molecule has 0 bridgehead atoms. The standard InChI is InChI=1S/C16H25N7O/c1-11-15(12(2)20-19-11)13-7-5-4-6-8-23(13)16(24)17-9-14-18-10-22(3)21-14/h10,13H,4-9H2,1-3H3,(H,17,24)(H,19,20)/t13-/m1/s1. The molecule has 1 aliphatic heterocycles. The van der Waals surface area contributed by atoms with E-state index in [1.165, 1.54) is 0 Å². The highest BCUT2D eigenvalue weighted by molar-refractivity contribution is 5.74. The first kappa shape index (κ1) is 16.5. The van der Waals surface area contributed by atoms with Gasteiger partial charge >= 0.3 is 6.03 Å². The van der Waals surface area contributed by atoms with Crippen LogP contribution in [-0.4, -0.2) is 42.4 Å². The molecule has 0 aromatic carbocycles. The van der Waals surface area contributed by atoms with Crippen LogP contribution in [0.4, 0.5) is 4.79 Å². The molecular weight excluding hydrogens is 306 g/mol. The van der Waals surface area contributed by atoms with Crippen molar-refractivity contribution in [2.24, 2.45) is 7.05 Å². The van der Waals surface area contributed by atoms with E-state index in [2.05, 4.69) is 25.6 Å². The highest BCUT2D eigenvalue weighted by atomic mass is 16.2. The molecule has 8 nitrogen and oxygen atoms in total. The topological polar surface area (TPSA) is 91.7 Å². The van der Waals surface area contributed by atoms with Crippen LogP contribution in [0.25, 0.3) is 0 Å². The smallest absolute Gasteiger partial charge is 0.318 e. The molecule has 8 heteroatoms. The summed E-state index contributed by atoms with van der Waals surface area (Å²) in [6.45, 7) is 5.12. The van der Waals surface area contributed by atoms with Gasteiger partial charge in [0.1, 0.15) is 6.33 Å². The van der Waals surface area contributed by atoms with E-state index in [1.807, 2.05) is 25.8 Å². The first-order valence-electron chi connectivity index (χ1n) is 8.46. The Kier molecular flexibility index (Phi) is 4.82. The normalized spacial score (nSPS) is 18.5. The third-order valence-corrected chi connectivity index (χ3v) is 4.58. The Labute approximate surface area is 141 Å². The van der Waals surface area contributed by atoms with Crippen molar-refractivity contribution in [1.29, 1.82) is 0 Å². The molecule has 0 spiro atoms. The second-order valence-electron chi connectivity index (χ2n) is 6.40. The predicted molar refractivity (Wildman–Crippen MR) is 89.2 cm³/mol. The molecule has 130 valence electrons. The minimum absolute atomic E-state index is 0.0608. The monoisotopic (exact) mass is 331 g/mol. The van der Waals surface area contributed by atoms with E-state index >= 15 is 0 Å². The number of nitrogens with one attached hydrogen (secondary N) is 2. The molecule has 1 fully saturated rings. The second-order valence-corrected chi connectivity index (χ2v) is 6.40. The number of carbonyl (C=O) groups excluding carboxylic acids is 1. The lowest BCUT2D eigenvalue weighted by molar-refractivity contribution is 0.174. The maximum atomic E-state index is 12.8. The van der Waals surface area contributed by atoms with Gasteiger partial charge in [0.15, 0.2) is 5.82 Å². The molecule has 0 aliphatic carbocycles. The number of aromatic nitrogens is 5. The molecule has 24 heavy (non-hydrogen) atoms. The van der Waals surface area contributed by atoms with Gasteiger partial charge in [-0.3, -0.25) is 9.78 Å². The van der Waals surface area contributed by atoms with Gasteiger partial charge in [0.05, 0.1) is 18.3 Å². The highest BCUT2D eigenvalue weighted by Crippen LogP contribution is 2.33. The maximum absolute atomic E-state index is 12.8. The number of aryl methyl sites for hydroxylation is 3. The molecular formula is C16H25N7O. The fourth-order valence-corrected chi connectivity index (χ4v) is 3.42.